The Balaban J connectivity index is 0.000000338. The first-order valence-corrected chi connectivity index (χ1v) is 56.5. The van der Waals surface area contributed by atoms with Gasteiger partial charge in [-0.15, -0.1) is 0 Å². The number of ether oxygens (including phenoxy) is 10. The highest BCUT2D eigenvalue weighted by molar-refractivity contribution is 5.95. The van der Waals surface area contributed by atoms with Gasteiger partial charge in [-0.3, -0.25) is 24.2 Å². The zero-order valence-electron chi connectivity index (χ0n) is 94.1. The van der Waals surface area contributed by atoms with Gasteiger partial charge in [-0.1, -0.05) is 139 Å². The molecule has 9 heterocycles. The minimum absolute atomic E-state index is 0. The topological polar surface area (TPSA) is 355 Å². The molecule has 0 bridgehead atoms. The Morgan fingerprint density at radius 1 is 0.340 bits per heavy atom. The first-order chi connectivity index (χ1) is 67.7. The summed E-state index contributed by atoms with van der Waals surface area (Å²) in [7, 11) is 1.63. The Labute approximate surface area is 869 Å². The number of nitrogens with zero attached hydrogens (tertiary/aromatic N) is 9. The van der Waals surface area contributed by atoms with E-state index >= 15 is 0 Å². The fourth-order valence-corrected chi connectivity index (χ4v) is 21.3. The van der Waals surface area contributed by atoms with Crippen molar-refractivity contribution in [1.29, 1.82) is 0 Å². The third-order valence-electron chi connectivity index (χ3n) is 32.4. The van der Waals surface area contributed by atoms with Gasteiger partial charge in [0.15, 0.2) is 0 Å². The van der Waals surface area contributed by atoms with E-state index < -0.39 is 29.5 Å². The molecule has 10 amide bonds. The fraction of sp³-hybridized carbons (Fsp3) is 0.858. The van der Waals surface area contributed by atoms with Crippen LogP contribution in [0.5, 0.6) is 5.75 Å². The standard InChI is InChI=1S/C16H27NO3.C14H19NO3.C14H23NO3.C14H25NO2.C12H21NO3.C12H21NO2.C12H25NO.C10H21NO.C9H17NO2.2H2O/c1-3-16(4-2,13-9-6-5-7-10-13)20-15(19)17-12-8-11-14(17)18;1-11(12-5-7-13(17-2)8-6-12)18-14(16)15-9-3-4-10-15;1-14(2,11-7-4-3-5-8-11)18-13(17)15-10-6-9-12(15)16;1-14(2,12-8-4-3-5-9-12)17-13(16)15-10-6-7-11-15;1-4-12(5-2,6-3)16-11(15)13-9-7-8-10(13)14;1-2-12(7-3-4-8-12)15-11(14)13-9-5-6-10-13;1-4-12(5-2,6-3)14-11-13-9-7-8-10-13;1-4-10(2,3)12-9-11-7-5-6-8-11;1-9(2,3)12-8(11)10-6-4-5-7-10;;/h13H,3-12H2,1-2H3;5-8,11H,3-4,9-10H2,1-2H3;11H,3-10H2,1-2H3;12H,3-11H2,1-2H3;4-9H2,1-3H3;2-10H2,1H3;4-11H2,1-3H3;4-9H2,1-3H3;4-7H2,1-3H3;2*1H2. The number of hydrogen-bond donors (Lipinski definition) is 0. The van der Waals surface area contributed by atoms with E-state index in [1.807, 2.05) is 96.4 Å². The van der Waals surface area contributed by atoms with Gasteiger partial charge in [0.25, 0.3) is 0 Å². The lowest BCUT2D eigenvalue weighted by Crippen LogP contribution is -2.46. The maximum Gasteiger partial charge on any atom is 0.417 e. The smallest absolute Gasteiger partial charge is 0.417 e. The van der Waals surface area contributed by atoms with E-state index in [-0.39, 0.29) is 92.8 Å². The van der Waals surface area contributed by atoms with E-state index in [2.05, 4.69) is 86.0 Å². The molecule has 832 valence electrons. The third kappa shape index (κ3) is 43.3. The predicted octanol–water partition coefficient (Wildman–Crippen LogP) is 24.8. The third-order valence-corrected chi connectivity index (χ3v) is 32.4. The van der Waals surface area contributed by atoms with E-state index in [1.54, 1.807) is 16.9 Å². The first kappa shape index (κ1) is 129. The Bertz CT molecular complexity index is 3790. The summed E-state index contributed by atoms with van der Waals surface area (Å²) < 4.78 is 56.1. The zero-order chi connectivity index (χ0) is 105. The van der Waals surface area contributed by atoms with Crippen molar-refractivity contribution in [3.8, 4) is 5.75 Å². The summed E-state index contributed by atoms with van der Waals surface area (Å²) in [6, 6.07) is 7.58. The monoisotopic (exact) mass is 2040 g/mol. The first-order valence-electron chi connectivity index (χ1n) is 56.5. The van der Waals surface area contributed by atoms with Crippen LogP contribution in [0.4, 0.5) is 33.6 Å². The van der Waals surface area contributed by atoms with Gasteiger partial charge in [-0.2, -0.15) is 0 Å². The predicted molar refractivity (Wildman–Crippen MR) is 568 cm³/mol. The van der Waals surface area contributed by atoms with Crippen LogP contribution in [0.25, 0.3) is 0 Å². The van der Waals surface area contributed by atoms with Crippen LogP contribution in [0.3, 0.4) is 0 Å². The van der Waals surface area contributed by atoms with Crippen molar-refractivity contribution in [2.75, 3.05) is 119 Å². The van der Waals surface area contributed by atoms with Gasteiger partial charge in [0.1, 0.15) is 45.5 Å². The van der Waals surface area contributed by atoms with Gasteiger partial charge >= 0.3 is 42.7 Å². The number of amides is 10. The number of carbonyl (C=O) groups is 10. The van der Waals surface area contributed by atoms with Crippen molar-refractivity contribution in [3.63, 3.8) is 0 Å². The molecule has 14 rings (SSSR count). The van der Waals surface area contributed by atoms with Crippen molar-refractivity contribution in [2.24, 2.45) is 17.8 Å². The van der Waals surface area contributed by atoms with E-state index in [9.17, 15) is 47.9 Å². The minimum atomic E-state index is -0.465. The van der Waals surface area contributed by atoms with E-state index in [0.717, 1.165) is 250 Å². The fourth-order valence-electron chi connectivity index (χ4n) is 21.3. The summed E-state index contributed by atoms with van der Waals surface area (Å²) in [4.78, 5) is 134. The normalized spacial score (nSPS) is 20.0. The van der Waals surface area contributed by atoms with Crippen molar-refractivity contribution in [1.82, 2.24) is 44.1 Å². The highest BCUT2D eigenvalue weighted by atomic mass is 16.6. The van der Waals surface area contributed by atoms with E-state index in [0.29, 0.717) is 56.7 Å². The second-order valence-electron chi connectivity index (χ2n) is 44.4. The molecular formula is C113H203N9O22. The highest BCUT2D eigenvalue weighted by Crippen LogP contribution is 2.43. The summed E-state index contributed by atoms with van der Waals surface area (Å²) in [6.07, 6.45) is 48.2. The van der Waals surface area contributed by atoms with Crippen LogP contribution in [0, 0.1) is 17.8 Å². The Morgan fingerprint density at radius 2 is 0.667 bits per heavy atom. The maximum atomic E-state index is 12.3. The zero-order valence-corrected chi connectivity index (χ0v) is 94.1. The molecule has 1 atom stereocenters. The molecule has 4 N–H and O–H groups in total. The van der Waals surface area contributed by atoms with Gasteiger partial charge in [0.05, 0.1) is 31.8 Å². The lowest BCUT2D eigenvalue weighted by molar-refractivity contribution is -0.129. The molecule has 4 aliphatic carbocycles. The molecule has 9 saturated heterocycles. The molecule has 0 radical (unpaired) electrons. The van der Waals surface area contributed by atoms with Crippen molar-refractivity contribution >= 4 is 60.4 Å². The van der Waals surface area contributed by atoms with Gasteiger partial charge in [-0.25, -0.2) is 48.3 Å². The Kier molecular flexibility index (Phi) is 58.8. The molecular weight excluding hydrogens is 1840 g/mol. The van der Waals surface area contributed by atoms with Crippen LogP contribution in [0.15, 0.2) is 24.3 Å². The summed E-state index contributed by atoms with van der Waals surface area (Å²) in [5, 5.41) is 0. The molecule has 1 aromatic rings. The van der Waals surface area contributed by atoms with Gasteiger partial charge in [0, 0.05) is 117 Å². The quantitative estimate of drug-likeness (QED) is 0.0738. The minimum Gasteiger partial charge on any atom is -0.497 e. The molecule has 9 aliphatic heterocycles. The Hall–Kier alpha value is -7.32. The molecule has 13 aliphatic rings. The number of rotatable bonds is 27. The lowest BCUT2D eigenvalue weighted by atomic mass is 9.74. The number of likely N-dealkylation sites (tertiary alicyclic amines) is 9. The van der Waals surface area contributed by atoms with Crippen LogP contribution < -0.4 is 4.74 Å². The molecule has 4 saturated carbocycles. The van der Waals surface area contributed by atoms with Gasteiger partial charge < -0.3 is 77.9 Å². The summed E-state index contributed by atoms with van der Waals surface area (Å²) in [5.74, 6) is 1.93. The summed E-state index contributed by atoms with van der Waals surface area (Å²) >= 11 is 0. The molecule has 1 aromatic carbocycles. The van der Waals surface area contributed by atoms with Crippen LogP contribution >= 0.6 is 0 Å². The van der Waals surface area contributed by atoms with Crippen LogP contribution in [0.2, 0.25) is 0 Å². The van der Waals surface area contributed by atoms with Crippen LogP contribution in [-0.2, 0) is 57.0 Å². The van der Waals surface area contributed by atoms with Crippen LogP contribution in [0.1, 0.15) is 452 Å². The van der Waals surface area contributed by atoms with Crippen LogP contribution in [-0.4, -0.2) is 279 Å². The van der Waals surface area contributed by atoms with Crippen molar-refractivity contribution < 1.29 is 106 Å². The summed E-state index contributed by atoms with van der Waals surface area (Å²) in [5.41, 5.74) is -0.839. The van der Waals surface area contributed by atoms with E-state index in [1.165, 1.54) is 150 Å². The Morgan fingerprint density at radius 3 is 1.00 bits per heavy atom. The lowest BCUT2D eigenvalue weighted by Gasteiger charge is -2.41. The number of carbonyl (C=O) groups excluding carboxylic acids is 10. The van der Waals surface area contributed by atoms with Gasteiger partial charge in [0.2, 0.25) is 17.7 Å². The summed E-state index contributed by atoms with van der Waals surface area (Å²) in [6.45, 7) is 56.1. The molecule has 31 nitrogen and oxygen atoms in total. The number of benzene rings is 1. The second-order valence-corrected chi connectivity index (χ2v) is 44.4. The molecule has 0 aromatic heterocycles. The van der Waals surface area contributed by atoms with Crippen molar-refractivity contribution in [3.05, 3.63) is 29.8 Å². The average Bonchev–Trinajstić information content (AvgIpc) is 1.14. The molecule has 0 spiro atoms. The number of imide groups is 3. The number of hydrogen-bond acceptors (Lipinski definition) is 22. The molecule has 144 heavy (non-hydrogen) atoms. The second kappa shape index (κ2) is 65.6. The average molecular weight is 2040 g/mol. The molecule has 31 heteroatoms. The largest absolute Gasteiger partial charge is 0.497 e. The molecule has 13 fully saturated rings. The maximum absolute atomic E-state index is 12.3. The van der Waals surface area contributed by atoms with E-state index in [4.69, 9.17) is 47.4 Å². The van der Waals surface area contributed by atoms with Gasteiger partial charge in [-0.05, 0) is 329 Å². The SMILES string of the molecule is CC(C)(C)OC(=O)N1CCCC1.CC(C)(OC(=O)N1CCCC1)C1CCCCC1.CC(C)(OC(=O)N1CCCC1=O)C1CCCCC1.CCC(C)(C)OCN1CCCC1.CCC(CC)(CC)OC(=O)N1CCCC1=O.CCC(CC)(CC)OCN1CCCC1.CCC(CC)(OC(=O)N1CCCC1=O)C1CCCCC1.CCC1(OC(=O)N2CCCC2)CCCC1.COc1ccc(C(C)OC(=O)N2CCCC2)cc1.O.O. The van der Waals surface area contributed by atoms with Crippen molar-refractivity contribution in [2.45, 2.75) is 491 Å². The number of methoxy groups -OCH3 is 1. The highest BCUT2D eigenvalue weighted by Gasteiger charge is 2.45. The molecule has 1 unspecified atom stereocenters.